The Kier molecular flexibility index (Phi) is 9.12. The minimum atomic E-state index is -4.62. The third kappa shape index (κ3) is 6.12. The van der Waals surface area contributed by atoms with Crippen molar-refractivity contribution in [2.45, 2.75) is 61.6 Å². The number of sulfonamides is 1. The van der Waals surface area contributed by atoms with Crippen LogP contribution in [0, 0.1) is 0 Å². The fourth-order valence-corrected chi connectivity index (χ4v) is 9.57. The number of carbonyl (C=O) groups is 1. The van der Waals surface area contributed by atoms with E-state index < -0.39 is 44.4 Å². The summed E-state index contributed by atoms with van der Waals surface area (Å²) in [7, 11) is -2.88. The third-order valence-corrected chi connectivity index (χ3v) is 12.3. The number of benzene rings is 2. The Bertz CT molecular complexity index is 2300. The highest BCUT2D eigenvalue weighted by Crippen LogP contribution is 2.51. The first-order valence-electron chi connectivity index (χ1n) is 16.5. The van der Waals surface area contributed by atoms with Gasteiger partial charge in [-0.1, -0.05) is 30.7 Å². The van der Waals surface area contributed by atoms with Crippen molar-refractivity contribution in [1.82, 2.24) is 23.5 Å². The molecule has 4 heterocycles. The molecule has 2 aliphatic heterocycles. The summed E-state index contributed by atoms with van der Waals surface area (Å²) < 4.78 is 82.0. The Labute approximate surface area is 300 Å². The number of phenolic OH excluding ortho intramolecular Hbond substituents is 1. The lowest BCUT2D eigenvalue weighted by Gasteiger charge is -2.39. The minimum absolute atomic E-state index is 0.00267. The van der Waals surface area contributed by atoms with Crippen LogP contribution in [0.3, 0.4) is 0 Å². The standard InChI is InChI=1S/C34H34ClF3N6O7S/c1-19-17-33(10-12-42(13-11-33)52(48,49)29-24(45)4-3-5-25(29)50-2)27-28(19)43(18-26(46)39-23-7-6-21(16-22(23)35)34(36,37)38)32-40-30(41-44(32)31(27)47)20-8-14-51-15-9-20/h3-8,16,19,45H,9-15,17-18H2,1-2H3,(H,39,46). The van der Waals surface area contributed by atoms with Crippen LogP contribution in [0.2, 0.25) is 5.02 Å². The van der Waals surface area contributed by atoms with E-state index in [1.807, 2.05) is 13.0 Å². The van der Waals surface area contributed by atoms with Gasteiger partial charge >= 0.3 is 6.18 Å². The summed E-state index contributed by atoms with van der Waals surface area (Å²) in [6.07, 6.45) is -1.30. The number of anilines is 1. The highest BCUT2D eigenvalue weighted by Gasteiger charge is 2.50. The first kappa shape index (κ1) is 35.9. The summed E-state index contributed by atoms with van der Waals surface area (Å²) >= 11 is 6.14. The van der Waals surface area contributed by atoms with E-state index in [9.17, 15) is 36.3 Å². The highest BCUT2D eigenvalue weighted by atomic mass is 35.5. The topological polar surface area (TPSA) is 157 Å². The van der Waals surface area contributed by atoms with Crippen molar-refractivity contribution in [3.8, 4) is 11.5 Å². The maximum Gasteiger partial charge on any atom is 0.416 e. The summed E-state index contributed by atoms with van der Waals surface area (Å²) in [6, 6.07) is 6.82. The van der Waals surface area contributed by atoms with Crippen LogP contribution in [0.1, 0.15) is 61.2 Å². The molecule has 52 heavy (non-hydrogen) atoms. The van der Waals surface area contributed by atoms with Crippen LogP contribution in [-0.2, 0) is 37.7 Å². The van der Waals surface area contributed by atoms with Crippen LogP contribution < -0.4 is 15.6 Å². The molecular formula is C34H34ClF3N6O7S. The first-order valence-corrected chi connectivity index (χ1v) is 18.3. The van der Waals surface area contributed by atoms with Crippen molar-refractivity contribution in [3.05, 3.63) is 80.5 Å². The lowest BCUT2D eigenvalue weighted by Crippen LogP contribution is -2.46. The maximum atomic E-state index is 14.5. The highest BCUT2D eigenvalue weighted by molar-refractivity contribution is 7.89. The van der Waals surface area contributed by atoms with E-state index in [0.29, 0.717) is 43.1 Å². The molecule has 4 aromatic rings. The van der Waals surface area contributed by atoms with Crippen molar-refractivity contribution in [2.75, 3.05) is 38.7 Å². The number of aromatic hydroxyl groups is 1. The molecule has 1 aliphatic carbocycles. The number of carbonyl (C=O) groups excluding carboxylic acids is 1. The third-order valence-electron chi connectivity index (χ3n) is 10.1. The van der Waals surface area contributed by atoms with E-state index in [0.717, 1.165) is 23.8 Å². The van der Waals surface area contributed by atoms with Gasteiger partial charge < -0.3 is 24.5 Å². The molecule has 7 rings (SSSR count). The molecule has 1 unspecified atom stereocenters. The molecule has 3 aliphatic rings. The molecule has 2 N–H and O–H groups in total. The predicted octanol–water partition coefficient (Wildman–Crippen LogP) is 4.95. The summed E-state index contributed by atoms with van der Waals surface area (Å²) in [5.74, 6) is -0.947. The molecule has 1 fully saturated rings. The predicted molar refractivity (Wildman–Crippen MR) is 183 cm³/mol. The number of aromatic nitrogens is 4. The monoisotopic (exact) mass is 762 g/mol. The SMILES string of the molecule is COc1cccc(O)c1S(=O)(=O)N1CCC2(CC1)CC(C)c1c2c(=O)n2nc(C3=CCOCC3)nc2n1CC(=O)Nc1ccc(C(F)(F)F)cc1Cl. The number of hydrogen-bond donors (Lipinski definition) is 2. The zero-order chi connectivity index (χ0) is 37.2. The van der Waals surface area contributed by atoms with Gasteiger partial charge in [-0.15, -0.1) is 5.10 Å². The minimum Gasteiger partial charge on any atom is -0.506 e. The molecular weight excluding hydrogens is 729 g/mol. The fraction of sp³-hybridized carbons (Fsp3) is 0.412. The zero-order valence-corrected chi connectivity index (χ0v) is 29.6. The molecule has 1 atom stereocenters. The van der Waals surface area contributed by atoms with E-state index in [1.54, 1.807) is 4.57 Å². The largest absolute Gasteiger partial charge is 0.506 e. The molecule has 1 spiro atoms. The molecule has 18 heteroatoms. The number of rotatable bonds is 7. The summed E-state index contributed by atoms with van der Waals surface area (Å²) in [6.45, 7) is 2.38. The summed E-state index contributed by atoms with van der Waals surface area (Å²) in [5, 5.41) is 17.4. The average Bonchev–Trinajstić information content (AvgIpc) is 3.67. The Morgan fingerprint density at radius 1 is 1.21 bits per heavy atom. The van der Waals surface area contributed by atoms with Crippen molar-refractivity contribution < 1.29 is 41.0 Å². The lowest BCUT2D eigenvalue weighted by molar-refractivity contribution is -0.137. The first-order chi connectivity index (χ1) is 24.6. The van der Waals surface area contributed by atoms with Crippen LogP contribution in [0.4, 0.5) is 18.9 Å². The summed E-state index contributed by atoms with van der Waals surface area (Å²) in [4.78, 5) is 32.4. The van der Waals surface area contributed by atoms with Crippen LogP contribution in [0.15, 0.2) is 52.2 Å². The second-order valence-electron chi connectivity index (χ2n) is 13.2. The number of fused-ring (bicyclic) bond motifs is 3. The second kappa shape index (κ2) is 13.2. The number of nitrogens with one attached hydrogen (secondary N) is 1. The second-order valence-corrected chi connectivity index (χ2v) is 15.5. The van der Waals surface area contributed by atoms with Gasteiger partial charge in [-0.2, -0.15) is 27.0 Å². The van der Waals surface area contributed by atoms with Crippen molar-refractivity contribution in [2.24, 2.45) is 0 Å². The van der Waals surface area contributed by atoms with Gasteiger partial charge in [-0.3, -0.25) is 9.59 Å². The van der Waals surface area contributed by atoms with Crippen LogP contribution in [0.5, 0.6) is 11.5 Å². The molecule has 0 bridgehead atoms. The number of alkyl halides is 3. The number of phenols is 1. The molecule has 1 amide bonds. The van der Waals surface area contributed by atoms with Gasteiger partial charge in [0.1, 0.15) is 18.0 Å². The number of piperidine rings is 1. The number of nitrogens with zero attached hydrogens (tertiary/aromatic N) is 5. The van der Waals surface area contributed by atoms with Gasteiger partial charge in [-0.05, 0) is 67.5 Å². The van der Waals surface area contributed by atoms with Crippen molar-refractivity contribution >= 4 is 44.6 Å². The van der Waals surface area contributed by atoms with Crippen LogP contribution in [0.25, 0.3) is 11.4 Å². The number of ether oxygens (including phenoxy) is 2. The quantitative estimate of drug-likeness (QED) is 0.266. The van der Waals surface area contributed by atoms with Crippen molar-refractivity contribution in [1.29, 1.82) is 0 Å². The number of halogens is 4. The van der Waals surface area contributed by atoms with Gasteiger partial charge in [0.25, 0.3) is 5.56 Å². The molecule has 2 aromatic heterocycles. The Hall–Kier alpha value is -4.45. The smallest absolute Gasteiger partial charge is 0.416 e. The van der Waals surface area contributed by atoms with Crippen LogP contribution >= 0.6 is 11.6 Å². The van der Waals surface area contributed by atoms with Gasteiger partial charge in [0.05, 0.1) is 36.6 Å². The van der Waals surface area contributed by atoms with E-state index in [-0.39, 0.29) is 65.5 Å². The summed E-state index contributed by atoms with van der Waals surface area (Å²) in [5.41, 5.74) is -0.487. The van der Waals surface area contributed by atoms with E-state index in [1.165, 1.54) is 34.1 Å². The molecule has 0 radical (unpaired) electrons. The van der Waals surface area contributed by atoms with Gasteiger partial charge in [0, 0.05) is 29.8 Å². The van der Waals surface area contributed by atoms with Gasteiger partial charge in [-0.25, -0.2) is 8.42 Å². The van der Waals surface area contributed by atoms with Gasteiger partial charge in [0.15, 0.2) is 10.7 Å². The molecule has 276 valence electrons. The van der Waals surface area contributed by atoms with E-state index in [4.69, 9.17) is 26.1 Å². The molecule has 13 nitrogen and oxygen atoms in total. The number of methoxy groups -OCH3 is 1. The van der Waals surface area contributed by atoms with Crippen molar-refractivity contribution in [3.63, 3.8) is 0 Å². The van der Waals surface area contributed by atoms with E-state index >= 15 is 0 Å². The Morgan fingerprint density at radius 3 is 2.62 bits per heavy atom. The molecule has 0 saturated carbocycles. The average molecular weight is 763 g/mol. The van der Waals surface area contributed by atoms with Crippen LogP contribution in [-0.4, -0.2) is 76.3 Å². The molecule has 1 saturated heterocycles. The number of amides is 1. The maximum absolute atomic E-state index is 14.5. The van der Waals surface area contributed by atoms with E-state index in [2.05, 4.69) is 10.4 Å². The molecule has 2 aromatic carbocycles. The van der Waals surface area contributed by atoms with Gasteiger partial charge in [0.2, 0.25) is 21.7 Å². The lowest BCUT2D eigenvalue weighted by atomic mass is 9.74. The Balaban J connectivity index is 1.27. The zero-order valence-electron chi connectivity index (χ0n) is 28.0. The number of hydrogen-bond acceptors (Lipinski definition) is 9. The Morgan fingerprint density at radius 2 is 1.96 bits per heavy atom. The normalized spacial score (nSPS) is 19.1. The fourth-order valence-electron chi connectivity index (χ4n) is 7.68.